The molecule has 0 atom stereocenters. The second-order valence-corrected chi connectivity index (χ2v) is 8.88. The Labute approximate surface area is 204 Å². The number of hydrogen-bond donors (Lipinski definition) is 0. The number of ether oxygens (including phenoxy) is 3. The van der Waals surface area contributed by atoms with E-state index in [0.717, 1.165) is 0 Å². The summed E-state index contributed by atoms with van der Waals surface area (Å²) in [5.74, 6) is -2.03. The van der Waals surface area contributed by atoms with Gasteiger partial charge < -0.3 is 28.9 Å². The van der Waals surface area contributed by atoms with Crippen LogP contribution in [0.5, 0.6) is 0 Å². The van der Waals surface area contributed by atoms with Gasteiger partial charge in [0.05, 0.1) is 31.2 Å². The first kappa shape index (κ1) is 25.8. The molecule has 3 rings (SSSR count). The van der Waals surface area contributed by atoms with Crippen molar-refractivity contribution in [1.29, 1.82) is 0 Å². The second kappa shape index (κ2) is 10.6. The maximum Gasteiger partial charge on any atom is 0.410 e. The van der Waals surface area contributed by atoms with Crippen LogP contribution in [0.3, 0.4) is 0 Å². The van der Waals surface area contributed by atoms with E-state index < -0.39 is 29.5 Å². The molecular formula is C25H30FN3O6. The zero-order valence-electron chi connectivity index (χ0n) is 20.5. The fraction of sp³-hybridized carbons (Fsp3) is 0.400. The summed E-state index contributed by atoms with van der Waals surface area (Å²) in [4.78, 5) is 42.5. The Bertz CT molecular complexity index is 1080. The fourth-order valence-corrected chi connectivity index (χ4v) is 3.80. The Hall–Kier alpha value is -3.82. The first-order chi connectivity index (χ1) is 16.6. The summed E-state index contributed by atoms with van der Waals surface area (Å²) in [6.45, 7) is 6.72. The fourth-order valence-electron chi connectivity index (χ4n) is 3.80. The minimum atomic E-state index is -0.786. The number of rotatable bonds is 4. The number of methoxy groups -OCH3 is 2. The monoisotopic (exact) mass is 487 g/mol. The van der Waals surface area contributed by atoms with Gasteiger partial charge in [-0.25, -0.2) is 18.8 Å². The molecule has 1 fully saturated rings. The maximum atomic E-state index is 15.3. The van der Waals surface area contributed by atoms with Crippen molar-refractivity contribution in [2.24, 2.45) is 0 Å². The molecule has 0 unspecified atom stereocenters. The smallest absolute Gasteiger partial charge is 0.410 e. The molecule has 10 heteroatoms. The van der Waals surface area contributed by atoms with Gasteiger partial charge in [-0.1, -0.05) is 12.1 Å². The van der Waals surface area contributed by atoms with Gasteiger partial charge in [-0.15, -0.1) is 0 Å². The van der Waals surface area contributed by atoms with Crippen molar-refractivity contribution in [3.05, 3.63) is 59.7 Å². The molecule has 35 heavy (non-hydrogen) atoms. The number of nitrogens with zero attached hydrogens (tertiary/aromatic N) is 3. The lowest BCUT2D eigenvalue weighted by atomic mass is 10.1. The van der Waals surface area contributed by atoms with Gasteiger partial charge in [0, 0.05) is 32.4 Å². The Kier molecular flexibility index (Phi) is 7.83. The van der Waals surface area contributed by atoms with E-state index in [-0.39, 0.29) is 17.0 Å². The molecule has 0 aromatic heterocycles. The Morgan fingerprint density at radius 3 is 2.20 bits per heavy atom. The number of hydrogen-bond acceptors (Lipinski definition) is 8. The highest BCUT2D eigenvalue weighted by molar-refractivity contribution is 6.06. The largest absolute Gasteiger partial charge is 0.465 e. The van der Waals surface area contributed by atoms with Gasteiger partial charge in [-0.05, 0) is 45.1 Å². The maximum absolute atomic E-state index is 15.3. The van der Waals surface area contributed by atoms with Crippen LogP contribution in [0.15, 0.2) is 53.9 Å². The van der Waals surface area contributed by atoms with E-state index >= 15 is 4.39 Å². The van der Waals surface area contributed by atoms with E-state index in [1.54, 1.807) is 55.0 Å². The van der Waals surface area contributed by atoms with Gasteiger partial charge >= 0.3 is 18.0 Å². The molecule has 1 aromatic carbocycles. The van der Waals surface area contributed by atoms with Gasteiger partial charge in [0.1, 0.15) is 17.1 Å². The lowest BCUT2D eigenvalue weighted by Gasteiger charge is -2.38. The SMILES string of the molecule is COC(=O)C1=C(C(=O)OC)N(c2cccc(F)c2N2CCN(C(=O)OC(C)(C)C)CC2)C=CC=C1. The molecule has 0 spiro atoms. The van der Waals surface area contributed by atoms with Crippen LogP contribution >= 0.6 is 0 Å². The number of piperazine rings is 1. The minimum absolute atomic E-state index is 0.0330. The minimum Gasteiger partial charge on any atom is -0.465 e. The Morgan fingerprint density at radius 2 is 1.60 bits per heavy atom. The van der Waals surface area contributed by atoms with Gasteiger partial charge in [0.2, 0.25) is 0 Å². The number of anilines is 2. The first-order valence-electron chi connectivity index (χ1n) is 11.1. The van der Waals surface area contributed by atoms with Gasteiger partial charge in [-0.2, -0.15) is 0 Å². The first-order valence-corrected chi connectivity index (χ1v) is 11.1. The van der Waals surface area contributed by atoms with E-state index in [4.69, 9.17) is 14.2 Å². The van der Waals surface area contributed by atoms with Crippen LogP contribution in [-0.2, 0) is 23.8 Å². The highest BCUT2D eigenvalue weighted by Gasteiger charge is 2.32. The van der Waals surface area contributed by atoms with E-state index in [1.165, 1.54) is 37.3 Å². The molecule has 188 valence electrons. The van der Waals surface area contributed by atoms with Crippen molar-refractivity contribution < 1.29 is 33.0 Å². The quantitative estimate of drug-likeness (QED) is 0.472. The van der Waals surface area contributed by atoms with Crippen molar-refractivity contribution in [2.45, 2.75) is 26.4 Å². The van der Waals surface area contributed by atoms with Crippen molar-refractivity contribution in [3.63, 3.8) is 0 Å². The summed E-state index contributed by atoms with van der Waals surface area (Å²) in [6.07, 6.45) is 5.76. The predicted octanol–water partition coefficient (Wildman–Crippen LogP) is 3.37. The van der Waals surface area contributed by atoms with Crippen LogP contribution < -0.4 is 9.80 Å². The number of carbonyl (C=O) groups excluding carboxylic acids is 3. The average molecular weight is 488 g/mol. The van der Waals surface area contributed by atoms with E-state index in [9.17, 15) is 14.4 Å². The number of allylic oxidation sites excluding steroid dienone is 2. The standard InChI is InChI=1S/C25H30FN3O6/c1-25(2,3)35-24(32)28-15-13-27(14-16-28)21-18(26)10-8-11-19(21)29-12-7-6-9-17(22(30)33-4)20(29)23(31)34-5/h6-12H,13-16H2,1-5H3. The Balaban J connectivity index is 1.98. The van der Waals surface area contributed by atoms with Gasteiger partial charge in [0.15, 0.2) is 0 Å². The molecule has 0 bridgehead atoms. The normalized spacial score (nSPS) is 16.2. The van der Waals surface area contributed by atoms with Crippen LogP contribution in [-0.4, -0.2) is 68.9 Å². The van der Waals surface area contributed by atoms with Crippen molar-refractivity contribution in [2.75, 3.05) is 50.2 Å². The summed E-state index contributed by atoms with van der Waals surface area (Å²) >= 11 is 0. The van der Waals surface area contributed by atoms with Crippen LogP contribution in [0.25, 0.3) is 0 Å². The van der Waals surface area contributed by atoms with Crippen LogP contribution in [0.4, 0.5) is 20.6 Å². The molecule has 1 saturated heterocycles. The molecule has 2 aliphatic heterocycles. The van der Waals surface area contributed by atoms with Crippen LogP contribution in [0.2, 0.25) is 0 Å². The molecule has 0 aliphatic carbocycles. The highest BCUT2D eigenvalue weighted by atomic mass is 19.1. The van der Waals surface area contributed by atoms with Gasteiger partial charge in [0.25, 0.3) is 0 Å². The van der Waals surface area contributed by atoms with Crippen molar-refractivity contribution in [1.82, 2.24) is 4.90 Å². The number of benzene rings is 1. The summed E-state index contributed by atoms with van der Waals surface area (Å²) in [7, 11) is 2.40. The average Bonchev–Trinajstić information content (AvgIpc) is 3.05. The number of amides is 1. The molecule has 0 saturated carbocycles. The third kappa shape index (κ3) is 5.82. The molecule has 1 amide bonds. The lowest BCUT2D eigenvalue weighted by Crippen LogP contribution is -2.50. The molecular weight excluding hydrogens is 457 g/mol. The number of esters is 2. The van der Waals surface area contributed by atoms with Crippen LogP contribution in [0.1, 0.15) is 20.8 Å². The molecule has 2 aliphatic rings. The summed E-state index contributed by atoms with van der Waals surface area (Å²) in [5.41, 5.74) is -0.197. The molecule has 0 N–H and O–H groups in total. The summed E-state index contributed by atoms with van der Waals surface area (Å²) < 4.78 is 30.5. The topological polar surface area (TPSA) is 88.6 Å². The zero-order chi connectivity index (χ0) is 25.8. The van der Waals surface area contributed by atoms with Crippen molar-refractivity contribution in [3.8, 4) is 0 Å². The third-order valence-corrected chi connectivity index (χ3v) is 5.36. The lowest BCUT2D eigenvalue weighted by molar-refractivity contribution is -0.139. The number of carbonyl (C=O) groups is 3. The molecule has 2 heterocycles. The number of para-hydroxylation sites is 1. The zero-order valence-corrected chi connectivity index (χ0v) is 20.5. The molecule has 0 radical (unpaired) electrons. The van der Waals surface area contributed by atoms with Gasteiger partial charge in [-0.3, -0.25) is 0 Å². The molecule has 1 aromatic rings. The Morgan fingerprint density at radius 1 is 0.943 bits per heavy atom. The van der Waals surface area contributed by atoms with E-state index in [0.29, 0.717) is 31.9 Å². The summed E-state index contributed by atoms with van der Waals surface area (Å²) in [6, 6.07) is 4.48. The summed E-state index contributed by atoms with van der Waals surface area (Å²) in [5, 5.41) is 0. The number of halogens is 1. The molecule has 9 nitrogen and oxygen atoms in total. The third-order valence-electron chi connectivity index (χ3n) is 5.36. The highest BCUT2D eigenvalue weighted by Crippen LogP contribution is 2.37. The van der Waals surface area contributed by atoms with E-state index in [2.05, 4.69) is 0 Å². The van der Waals surface area contributed by atoms with Crippen molar-refractivity contribution >= 4 is 29.4 Å². The van der Waals surface area contributed by atoms with E-state index in [1.807, 2.05) is 0 Å². The predicted molar refractivity (Wildman–Crippen MR) is 128 cm³/mol. The van der Waals surface area contributed by atoms with Crippen LogP contribution in [0, 0.1) is 5.82 Å². The second-order valence-electron chi connectivity index (χ2n) is 8.88.